The second kappa shape index (κ2) is 11.5. The van der Waals surface area contributed by atoms with Gasteiger partial charge in [0.15, 0.2) is 11.5 Å². The largest absolute Gasteiger partial charge is 0.495 e. The van der Waals surface area contributed by atoms with Crippen LogP contribution >= 0.6 is 27.5 Å². The normalized spacial score (nSPS) is 14.7. The molecule has 1 N–H and O–H groups in total. The summed E-state index contributed by atoms with van der Waals surface area (Å²) in [5, 5.41) is 2.41. The molecule has 4 amide bonds. The Balaban J connectivity index is 2.08. The topological polar surface area (TPSA) is 103 Å². The van der Waals surface area contributed by atoms with Crippen LogP contribution in [0.5, 0.6) is 23.0 Å². The highest BCUT2D eigenvalue weighted by molar-refractivity contribution is 9.10. The van der Waals surface area contributed by atoms with Gasteiger partial charge < -0.3 is 18.9 Å². The summed E-state index contributed by atoms with van der Waals surface area (Å²) < 4.78 is 22.6. The fourth-order valence-electron chi connectivity index (χ4n) is 3.34. The standard InChI is InChI=1S/C24H24BrClN2O7/c1-5-7-35-21-15(25)9-13(10-20(21)34-6-2)8-14-22(29)27-24(31)28(23(14)30)17-12-18(32-3)16(26)11-19(17)33-4/h8-12H,5-7H2,1-4H3,(H,27,29,31)/b14-8+. The van der Waals surface area contributed by atoms with Crippen LogP contribution < -0.4 is 29.2 Å². The van der Waals surface area contributed by atoms with Crippen molar-refractivity contribution >= 4 is 57.1 Å². The summed E-state index contributed by atoms with van der Waals surface area (Å²) >= 11 is 9.62. The maximum absolute atomic E-state index is 13.4. The van der Waals surface area contributed by atoms with Crippen LogP contribution in [-0.4, -0.2) is 45.3 Å². The number of hydrogen-bond donors (Lipinski definition) is 1. The molecule has 186 valence electrons. The molecule has 0 aromatic heterocycles. The average molecular weight is 568 g/mol. The number of rotatable bonds is 9. The maximum atomic E-state index is 13.4. The monoisotopic (exact) mass is 566 g/mol. The first-order valence-electron chi connectivity index (χ1n) is 10.7. The van der Waals surface area contributed by atoms with Gasteiger partial charge in [-0.3, -0.25) is 14.9 Å². The lowest BCUT2D eigenvalue weighted by atomic mass is 10.1. The fraction of sp³-hybridized carbons (Fsp3) is 0.292. The molecule has 11 heteroatoms. The molecule has 0 radical (unpaired) electrons. The Kier molecular flexibility index (Phi) is 8.63. The first kappa shape index (κ1) is 26.4. The SMILES string of the molecule is CCCOc1c(Br)cc(/C=C2\C(=O)NC(=O)N(c3cc(OC)c(Cl)cc3OC)C2=O)cc1OCC. The van der Waals surface area contributed by atoms with E-state index < -0.39 is 17.8 Å². The van der Waals surface area contributed by atoms with E-state index in [9.17, 15) is 14.4 Å². The molecule has 2 aromatic carbocycles. The molecule has 1 fully saturated rings. The average Bonchev–Trinajstić information content (AvgIpc) is 2.82. The summed E-state index contributed by atoms with van der Waals surface area (Å²) in [7, 11) is 2.76. The van der Waals surface area contributed by atoms with Gasteiger partial charge >= 0.3 is 6.03 Å². The van der Waals surface area contributed by atoms with Gasteiger partial charge in [0.25, 0.3) is 11.8 Å². The van der Waals surface area contributed by atoms with Crippen LogP contribution in [0.3, 0.4) is 0 Å². The summed E-state index contributed by atoms with van der Waals surface area (Å²) in [6.07, 6.45) is 2.18. The minimum absolute atomic E-state index is 0.0640. The van der Waals surface area contributed by atoms with Gasteiger partial charge in [-0.15, -0.1) is 0 Å². The molecule has 0 atom stereocenters. The molecule has 35 heavy (non-hydrogen) atoms. The number of nitrogens with one attached hydrogen (secondary N) is 1. The minimum atomic E-state index is -0.931. The summed E-state index contributed by atoms with van der Waals surface area (Å²) in [4.78, 5) is 39.5. The van der Waals surface area contributed by atoms with Crippen LogP contribution in [0, 0.1) is 0 Å². The van der Waals surface area contributed by atoms with E-state index in [-0.39, 0.29) is 27.8 Å². The van der Waals surface area contributed by atoms with Crippen LogP contribution in [0.4, 0.5) is 10.5 Å². The Hall–Kier alpha value is -3.24. The van der Waals surface area contributed by atoms with Gasteiger partial charge in [-0.2, -0.15) is 0 Å². The Morgan fingerprint density at radius 1 is 1.00 bits per heavy atom. The Morgan fingerprint density at radius 2 is 1.71 bits per heavy atom. The van der Waals surface area contributed by atoms with Gasteiger partial charge in [0.1, 0.15) is 17.1 Å². The third-order valence-corrected chi connectivity index (χ3v) is 5.77. The number of barbiturate groups is 1. The molecule has 1 saturated heterocycles. The minimum Gasteiger partial charge on any atom is -0.495 e. The van der Waals surface area contributed by atoms with Crippen molar-refractivity contribution in [2.45, 2.75) is 20.3 Å². The number of urea groups is 1. The van der Waals surface area contributed by atoms with Crippen LogP contribution in [-0.2, 0) is 9.59 Å². The van der Waals surface area contributed by atoms with Crippen molar-refractivity contribution in [2.24, 2.45) is 0 Å². The second-order valence-corrected chi connectivity index (χ2v) is 8.49. The number of halogens is 2. The van der Waals surface area contributed by atoms with Crippen LogP contribution in [0.15, 0.2) is 34.3 Å². The summed E-state index contributed by atoms with van der Waals surface area (Å²) in [6, 6.07) is 5.21. The zero-order chi connectivity index (χ0) is 25.7. The van der Waals surface area contributed by atoms with E-state index in [1.165, 1.54) is 32.4 Å². The van der Waals surface area contributed by atoms with Crippen molar-refractivity contribution in [1.29, 1.82) is 0 Å². The molecule has 0 saturated carbocycles. The van der Waals surface area contributed by atoms with Gasteiger partial charge in [0.2, 0.25) is 0 Å². The van der Waals surface area contributed by atoms with Crippen molar-refractivity contribution in [3.63, 3.8) is 0 Å². The predicted molar refractivity (Wildman–Crippen MR) is 135 cm³/mol. The maximum Gasteiger partial charge on any atom is 0.336 e. The van der Waals surface area contributed by atoms with E-state index in [4.69, 9.17) is 30.5 Å². The van der Waals surface area contributed by atoms with E-state index in [0.29, 0.717) is 34.7 Å². The molecule has 3 rings (SSSR count). The highest BCUT2D eigenvalue weighted by Gasteiger charge is 2.38. The van der Waals surface area contributed by atoms with E-state index >= 15 is 0 Å². The molecule has 1 heterocycles. The fourth-order valence-corrected chi connectivity index (χ4v) is 4.15. The number of benzene rings is 2. The molecule has 0 aliphatic carbocycles. The number of methoxy groups -OCH3 is 2. The van der Waals surface area contributed by atoms with Crippen molar-refractivity contribution in [1.82, 2.24) is 5.32 Å². The van der Waals surface area contributed by atoms with Crippen LogP contribution in [0.2, 0.25) is 5.02 Å². The molecule has 2 aromatic rings. The molecule has 1 aliphatic heterocycles. The third-order valence-electron chi connectivity index (χ3n) is 4.89. The molecule has 0 unspecified atom stereocenters. The Morgan fingerprint density at radius 3 is 2.34 bits per heavy atom. The van der Waals surface area contributed by atoms with Gasteiger partial charge in [-0.25, -0.2) is 9.69 Å². The molecule has 1 aliphatic rings. The third kappa shape index (κ3) is 5.54. The van der Waals surface area contributed by atoms with Crippen molar-refractivity contribution in [3.8, 4) is 23.0 Å². The van der Waals surface area contributed by atoms with E-state index in [0.717, 1.165) is 11.3 Å². The summed E-state index contributed by atoms with van der Waals surface area (Å²) in [6.45, 7) is 4.69. The highest BCUT2D eigenvalue weighted by Crippen LogP contribution is 2.40. The number of amides is 4. The van der Waals surface area contributed by atoms with Crippen LogP contribution in [0.25, 0.3) is 6.08 Å². The number of hydrogen-bond acceptors (Lipinski definition) is 7. The highest BCUT2D eigenvalue weighted by atomic mass is 79.9. The lowest BCUT2D eigenvalue weighted by molar-refractivity contribution is -0.122. The quantitative estimate of drug-likeness (QED) is 0.337. The Bertz CT molecular complexity index is 1200. The number of carbonyl (C=O) groups is 3. The number of nitrogens with zero attached hydrogens (tertiary/aromatic N) is 1. The summed E-state index contributed by atoms with van der Waals surface area (Å²) in [5.74, 6) is -0.350. The van der Waals surface area contributed by atoms with Gasteiger partial charge in [-0.1, -0.05) is 18.5 Å². The summed E-state index contributed by atoms with van der Waals surface area (Å²) in [5.41, 5.74) is 0.281. The first-order chi connectivity index (χ1) is 16.7. The molecule has 9 nitrogen and oxygen atoms in total. The van der Waals surface area contributed by atoms with Crippen molar-refractivity contribution in [3.05, 3.63) is 44.9 Å². The zero-order valence-electron chi connectivity index (χ0n) is 19.6. The number of carbonyl (C=O) groups excluding carboxylic acids is 3. The van der Waals surface area contributed by atoms with E-state index in [1.807, 2.05) is 13.8 Å². The predicted octanol–water partition coefficient (Wildman–Crippen LogP) is 4.97. The molecule has 0 spiro atoms. The smallest absolute Gasteiger partial charge is 0.336 e. The zero-order valence-corrected chi connectivity index (χ0v) is 21.9. The van der Waals surface area contributed by atoms with Crippen molar-refractivity contribution < 1.29 is 33.3 Å². The van der Waals surface area contributed by atoms with Crippen molar-refractivity contribution in [2.75, 3.05) is 32.3 Å². The number of imide groups is 2. The molecule has 0 bridgehead atoms. The van der Waals surface area contributed by atoms with Crippen LogP contribution in [0.1, 0.15) is 25.8 Å². The molecular formula is C24H24BrClN2O7. The molecular weight excluding hydrogens is 544 g/mol. The van der Waals surface area contributed by atoms with Gasteiger partial charge in [0, 0.05) is 12.1 Å². The van der Waals surface area contributed by atoms with Gasteiger partial charge in [-0.05, 0) is 53.0 Å². The number of anilines is 1. The second-order valence-electron chi connectivity index (χ2n) is 7.23. The Labute approximate surface area is 216 Å². The van der Waals surface area contributed by atoms with E-state index in [2.05, 4.69) is 21.2 Å². The van der Waals surface area contributed by atoms with E-state index in [1.54, 1.807) is 12.1 Å². The lowest BCUT2D eigenvalue weighted by Gasteiger charge is -2.28. The van der Waals surface area contributed by atoms with Gasteiger partial charge in [0.05, 0.1) is 42.6 Å². The lowest BCUT2D eigenvalue weighted by Crippen LogP contribution is -2.54. The number of ether oxygens (including phenoxy) is 4. The first-order valence-corrected chi connectivity index (χ1v) is 11.8.